The Kier molecular flexibility index (Phi) is 5.02. The zero-order valence-electron chi connectivity index (χ0n) is 15.3. The Morgan fingerprint density at radius 3 is 2.72 bits per heavy atom. The lowest BCUT2D eigenvalue weighted by Crippen LogP contribution is -2.30. The monoisotopic (exact) mass is 366 g/mol. The third-order valence-corrected chi connectivity index (χ3v) is 6.98. The van der Waals surface area contributed by atoms with E-state index < -0.39 is 10.0 Å². The number of aryl methyl sites for hydroxylation is 3. The maximum Gasteiger partial charge on any atom is 0.248 e. The van der Waals surface area contributed by atoms with Crippen molar-refractivity contribution in [2.45, 2.75) is 58.4 Å². The minimum absolute atomic E-state index is 0.219. The van der Waals surface area contributed by atoms with Gasteiger partial charge in [-0.1, -0.05) is 12.1 Å². The molecule has 0 aliphatic carbocycles. The molecule has 2 aromatic heterocycles. The van der Waals surface area contributed by atoms with E-state index >= 15 is 0 Å². The fourth-order valence-electron chi connectivity index (χ4n) is 3.62. The van der Waals surface area contributed by atoms with E-state index in [9.17, 15) is 8.42 Å². The molecule has 0 spiro atoms. The third kappa shape index (κ3) is 3.37. The zero-order chi connectivity index (χ0) is 18.2. The van der Waals surface area contributed by atoms with Gasteiger partial charge in [-0.3, -0.25) is 0 Å². The van der Waals surface area contributed by atoms with Crippen LogP contribution in [-0.4, -0.2) is 40.5 Å². The van der Waals surface area contributed by atoms with Crippen LogP contribution in [0.1, 0.15) is 42.7 Å². The van der Waals surface area contributed by atoms with Crippen molar-refractivity contribution >= 4 is 10.0 Å². The predicted octanol–water partition coefficient (Wildman–Crippen LogP) is 2.46. The quantitative estimate of drug-likeness (QED) is 0.784. The summed E-state index contributed by atoms with van der Waals surface area (Å²) in [5, 5.41) is 3.78. The van der Waals surface area contributed by atoms with Crippen LogP contribution >= 0.6 is 0 Å². The second-order valence-electron chi connectivity index (χ2n) is 6.84. The molecule has 0 radical (unpaired) electrons. The minimum atomic E-state index is -3.55. The van der Waals surface area contributed by atoms with Gasteiger partial charge in [-0.15, -0.1) is 0 Å². The Morgan fingerprint density at radius 2 is 2.08 bits per heavy atom. The van der Waals surface area contributed by atoms with Crippen LogP contribution < -0.4 is 0 Å². The predicted molar refractivity (Wildman–Crippen MR) is 93.8 cm³/mol. The van der Waals surface area contributed by atoms with Crippen LogP contribution in [0.25, 0.3) is 0 Å². The largest absolute Gasteiger partial charge is 0.360 e. The van der Waals surface area contributed by atoms with Crippen LogP contribution in [0.2, 0.25) is 0 Å². The molecular weight excluding hydrogens is 340 g/mol. The molecule has 2 aromatic rings. The minimum Gasteiger partial charge on any atom is -0.360 e. The average Bonchev–Trinajstić information content (AvgIpc) is 3.24. The van der Waals surface area contributed by atoms with E-state index in [1.165, 1.54) is 0 Å². The maximum absolute atomic E-state index is 12.9. The molecule has 25 heavy (non-hydrogen) atoms. The van der Waals surface area contributed by atoms with Gasteiger partial charge in [0.2, 0.25) is 10.0 Å². The molecule has 3 heterocycles. The first-order chi connectivity index (χ1) is 11.8. The number of rotatable bonds is 6. The lowest BCUT2D eigenvalue weighted by atomic mass is 10.0. The molecule has 0 bridgehead atoms. The van der Waals surface area contributed by atoms with Gasteiger partial charge in [0.05, 0.1) is 0 Å². The van der Waals surface area contributed by atoms with Gasteiger partial charge in [-0.2, -0.15) is 4.31 Å². The number of hydrogen-bond donors (Lipinski definition) is 0. The number of sulfonamides is 1. The van der Waals surface area contributed by atoms with Gasteiger partial charge in [0.1, 0.15) is 16.4 Å². The van der Waals surface area contributed by atoms with E-state index in [0.717, 1.165) is 37.3 Å². The molecule has 8 heteroatoms. The van der Waals surface area contributed by atoms with Gasteiger partial charge in [0.15, 0.2) is 5.76 Å². The van der Waals surface area contributed by atoms with Gasteiger partial charge in [0, 0.05) is 37.9 Å². The van der Waals surface area contributed by atoms with Crippen LogP contribution in [0.3, 0.4) is 0 Å². The summed E-state index contributed by atoms with van der Waals surface area (Å²) in [5.41, 5.74) is 1.59. The smallest absolute Gasteiger partial charge is 0.248 e. The Labute approximate surface area is 149 Å². The van der Waals surface area contributed by atoms with Gasteiger partial charge in [0.25, 0.3) is 0 Å². The molecule has 1 aliphatic heterocycles. The van der Waals surface area contributed by atoms with Gasteiger partial charge in [-0.25, -0.2) is 13.4 Å². The SMILES string of the molecule is CCCn1c(C)cnc1CC1CCN(S(=O)(=O)c2c(C)noc2C)C1. The van der Waals surface area contributed by atoms with Crippen molar-refractivity contribution in [3.8, 4) is 0 Å². The lowest BCUT2D eigenvalue weighted by Gasteiger charge is -2.16. The van der Waals surface area contributed by atoms with E-state index in [-0.39, 0.29) is 10.8 Å². The number of hydrogen-bond acceptors (Lipinski definition) is 5. The highest BCUT2D eigenvalue weighted by Gasteiger charge is 2.36. The molecule has 7 nitrogen and oxygen atoms in total. The first kappa shape index (κ1) is 18.1. The topological polar surface area (TPSA) is 81.2 Å². The van der Waals surface area contributed by atoms with E-state index in [2.05, 4.69) is 28.6 Å². The molecule has 1 fully saturated rings. The molecular formula is C17H26N4O3S. The molecule has 3 rings (SSSR count). The number of imidazole rings is 1. The highest BCUT2D eigenvalue weighted by Crippen LogP contribution is 2.29. The summed E-state index contributed by atoms with van der Waals surface area (Å²) in [5.74, 6) is 1.70. The average molecular weight is 366 g/mol. The second-order valence-corrected chi connectivity index (χ2v) is 8.72. The zero-order valence-corrected chi connectivity index (χ0v) is 16.1. The lowest BCUT2D eigenvalue weighted by molar-refractivity contribution is 0.389. The normalized spacial score (nSPS) is 19.0. The highest BCUT2D eigenvalue weighted by atomic mass is 32.2. The van der Waals surface area contributed by atoms with E-state index in [4.69, 9.17) is 4.52 Å². The summed E-state index contributed by atoms with van der Waals surface area (Å²) in [6.45, 7) is 9.53. The summed E-state index contributed by atoms with van der Waals surface area (Å²) in [6.07, 6.45) is 4.61. The van der Waals surface area contributed by atoms with Crippen molar-refractivity contribution in [1.82, 2.24) is 19.0 Å². The molecule has 0 amide bonds. The summed E-state index contributed by atoms with van der Waals surface area (Å²) in [7, 11) is -3.55. The Balaban J connectivity index is 1.74. The highest BCUT2D eigenvalue weighted by molar-refractivity contribution is 7.89. The van der Waals surface area contributed by atoms with E-state index in [1.807, 2.05) is 6.20 Å². The maximum atomic E-state index is 12.9. The van der Waals surface area contributed by atoms with Crippen molar-refractivity contribution in [1.29, 1.82) is 0 Å². The Morgan fingerprint density at radius 1 is 1.32 bits per heavy atom. The number of aromatic nitrogens is 3. The fourth-order valence-corrected chi connectivity index (χ4v) is 5.44. The Bertz CT molecular complexity index is 834. The first-order valence-corrected chi connectivity index (χ1v) is 10.2. The summed E-state index contributed by atoms with van der Waals surface area (Å²) in [4.78, 5) is 4.75. The summed E-state index contributed by atoms with van der Waals surface area (Å²) < 4.78 is 34.7. The molecule has 0 N–H and O–H groups in total. The fraction of sp³-hybridized carbons (Fsp3) is 0.647. The van der Waals surface area contributed by atoms with Crippen molar-refractivity contribution in [2.75, 3.05) is 13.1 Å². The van der Waals surface area contributed by atoms with Gasteiger partial charge < -0.3 is 9.09 Å². The van der Waals surface area contributed by atoms with Gasteiger partial charge >= 0.3 is 0 Å². The second kappa shape index (κ2) is 6.92. The van der Waals surface area contributed by atoms with E-state index in [0.29, 0.717) is 24.5 Å². The molecule has 1 unspecified atom stereocenters. The van der Waals surface area contributed by atoms with E-state index in [1.54, 1.807) is 18.2 Å². The van der Waals surface area contributed by atoms with Crippen molar-refractivity contribution < 1.29 is 12.9 Å². The van der Waals surface area contributed by atoms with Crippen LogP contribution in [0, 0.1) is 26.7 Å². The van der Waals surface area contributed by atoms with Crippen molar-refractivity contribution in [3.05, 3.63) is 29.2 Å². The van der Waals surface area contributed by atoms with Gasteiger partial charge in [-0.05, 0) is 39.5 Å². The Hall–Kier alpha value is -1.67. The first-order valence-electron chi connectivity index (χ1n) is 8.78. The molecule has 0 aromatic carbocycles. The molecule has 0 saturated carbocycles. The molecule has 1 atom stereocenters. The summed E-state index contributed by atoms with van der Waals surface area (Å²) in [6, 6.07) is 0. The number of nitrogens with zero attached hydrogens (tertiary/aromatic N) is 4. The van der Waals surface area contributed by atoms with Crippen molar-refractivity contribution in [3.63, 3.8) is 0 Å². The molecule has 1 aliphatic rings. The molecule has 138 valence electrons. The standard InChI is InChI=1S/C17H26N4O3S/c1-5-7-21-12(2)10-18-16(21)9-15-6-8-20(11-15)25(22,23)17-13(3)19-24-14(17)4/h10,15H,5-9,11H2,1-4H3. The third-order valence-electron chi connectivity index (χ3n) is 4.87. The molecule has 1 saturated heterocycles. The van der Waals surface area contributed by atoms with Crippen LogP contribution in [0.15, 0.2) is 15.6 Å². The van der Waals surface area contributed by atoms with Crippen molar-refractivity contribution in [2.24, 2.45) is 5.92 Å². The van der Waals surface area contributed by atoms with Crippen LogP contribution in [-0.2, 0) is 23.0 Å². The van der Waals surface area contributed by atoms with Crippen LogP contribution in [0.5, 0.6) is 0 Å². The van der Waals surface area contributed by atoms with Crippen LogP contribution in [0.4, 0.5) is 0 Å². The summed E-state index contributed by atoms with van der Waals surface area (Å²) >= 11 is 0.